The minimum Gasteiger partial charge on any atom is -0.491 e. The molecule has 0 saturated carbocycles. The first-order valence-corrected chi connectivity index (χ1v) is 11.3. The second-order valence-electron chi connectivity index (χ2n) is 8.33. The van der Waals surface area contributed by atoms with E-state index in [4.69, 9.17) is 14.5 Å². The molecule has 1 aromatic carbocycles. The Morgan fingerprint density at radius 1 is 1.27 bits per heavy atom. The third-order valence-electron chi connectivity index (χ3n) is 5.67. The number of aliphatic hydroxyl groups is 1. The highest BCUT2D eigenvalue weighted by Crippen LogP contribution is 2.32. The number of benzene rings is 1. The number of anilines is 2. The first-order valence-electron chi connectivity index (χ1n) is 11.3. The number of amides is 1. The fourth-order valence-electron chi connectivity index (χ4n) is 3.95. The van der Waals surface area contributed by atoms with Gasteiger partial charge in [0.2, 0.25) is 5.95 Å². The highest BCUT2D eigenvalue weighted by molar-refractivity contribution is 5.99. The molecule has 1 fully saturated rings. The number of aromatic nitrogens is 3. The average Bonchev–Trinajstić information content (AvgIpc) is 3.11. The number of ether oxygens (including phenoxy) is 2. The van der Waals surface area contributed by atoms with Crippen LogP contribution in [0.15, 0.2) is 24.3 Å². The molecule has 33 heavy (non-hydrogen) atoms. The minimum atomic E-state index is -0.193. The number of carbonyl (C=O) groups excluding carboxylic acids is 1. The Morgan fingerprint density at radius 2 is 2.09 bits per heavy atom. The normalized spacial score (nSPS) is 13.7. The van der Waals surface area contributed by atoms with Gasteiger partial charge >= 0.3 is 0 Å². The molecular formula is C24H31N5O4. The van der Waals surface area contributed by atoms with Crippen LogP contribution in [0.5, 0.6) is 5.75 Å². The Balaban J connectivity index is 1.75. The van der Waals surface area contributed by atoms with Crippen LogP contribution in [0, 0.1) is 12.8 Å². The molecule has 1 saturated heterocycles. The first-order chi connectivity index (χ1) is 16.0. The zero-order chi connectivity index (χ0) is 23.4. The van der Waals surface area contributed by atoms with E-state index in [0.29, 0.717) is 47.7 Å². The lowest BCUT2D eigenvalue weighted by molar-refractivity contribution is -0.0400. The van der Waals surface area contributed by atoms with Crippen molar-refractivity contribution in [2.75, 3.05) is 32.2 Å². The van der Waals surface area contributed by atoms with E-state index in [1.807, 2.05) is 13.0 Å². The van der Waals surface area contributed by atoms with Crippen molar-refractivity contribution in [1.29, 1.82) is 0 Å². The number of nitrogens with zero attached hydrogens (tertiary/aromatic N) is 3. The van der Waals surface area contributed by atoms with Gasteiger partial charge < -0.3 is 29.8 Å². The van der Waals surface area contributed by atoms with Gasteiger partial charge in [-0.1, -0.05) is 6.92 Å². The average molecular weight is 454 g/mol. The standard InChI is InChI=1S/C24H31N5O4/c1-4-6-29-22-19(27-24(29)28-21-9-17(12-30)8-15(2)26-21)10-18(23(31)25-3)11-20(22)33-7-5-16-13-32-14-16/h8-11,16,30H,4-7,12-14H2,1-3H3,(H,25,31)(H,26,27,28). The zero-order valence-corrected chi connectivity index (χ0v) is 19.4. The number of aryl methyl sites for hydroxylation is 2. The van der Waals surface area contributed by atoms with Crippen LogP contribution in [0.4, 0.5) is 11.8 Å². The van der Waals surface area contributed by atoms with Crippen molar-refractivity contribution < 1.29 is 19.4 Å². The molecule has 176 valence electrons. The van der Waals surface area contributed by atoms with E-state index >= 15 is 0 Å². The van der Waals surface area contributed by atoms with E-state index in [0.717, 1.165) is 42.8 Å². The van der Waals surface area contributed by atoms with Gasteiger partial charge in [-0.25, -0.2) is 9.97 Å². The minimum absolute atomic E-state index is 0.0665. The van der Waals surface area contributed by atoms with Gasteiger partial charge in [0.1, 0.15) is 17.1 Å². The number of rotatable bonds is 10. The van der Waals surface area contributed by atoms with Crippen molar-refractivity contribution in [1.82, 2.24) is 19.9 Å². The first kappa shape index (κ1) is 23.0. The summed E-state index contributed by atoms with van der Waals surface area (Å²) in [7, 11) is 1.61. The molecule has 0 aliphatic carbocycles. The van der Waals surface area contributed by atoms with Gasteiger partial charge in [-0.15, -0.1) is 0 Å². The number of fused-ring (bicyclic) bond motifs is 1. The zero-order valence-electron chi connectivity index (χ0n) is 19.4. The van der Waals surface area contributed by atoms with Crippen LogP contribution < -0.4 is 15.4 Å². The molecule has 2 aromatic heterocycles. The third-order valence-corrected chi connectivity index (χ3v) is 5.67. The van der Waals surface area contributed by atoms with Crippen LogP contribution in [-0.2, 0) is 17.9 Å². The second-order valence-corrected chi connectivity index (χ2v) is 8.33. The Hall–Kier alpha value is -3.17. The number of imidazole rings is 1. The van der Waals surface area contributed by atoms with E-state index in [1.165, 1.54) is 0 Å². The molecule has 0 spiro atoms. The molecule has 0 radical (unpaired) electrons. The van der Waals surface area contributed by atoms with Crippen LogP contribution in [0.3, 0.4) is 0 Å². The van der Waals surface area contributed by atoms with E-state index in [-0.39, 0.29) is 12.5 Å². The summed E-state index contributed by atoms with van der Waals surface area (Å²) in [5.41, 5.74) is 3.58. The van der Waals surface area contributed by atoms with Gasteiger partial charge in [-0.3, -0.25) is 4.79 Å². The maximum Gasteiger partial charge on any atom is 0.251 e. The van der Waals surface area contributed by atoms with Crippen molar-refractivity contribution >= 4 is 28.7 Å². The van der Waals surface area contributed by atoms with Crippen LogP contribution in [0.1, 0.15) is 41.4 Å². The Labute approximate surface area is 193 Å². The van der Waals surface area contributed by atoms with Gasteiger partial charge in [0.25, 0.3) is 5.91 Å². The summed E-state index contributed by atoms with van der Waals surface area (Å²) in [6.07, 6.45) is 1.79. The molecule has 3 N–H and O–H groups in total. The molecule has 3 aromatic rings. The number of hydrogen-bond acceptors (Lipinski definition) is 7. The third kappa shape index (κ3) is 5.09. The fraction of sp³-hybridized carbons (Fsp3) is 0.458. The smallest absolute Gasteiger partial charge is 0.251 e. The quantitative estimate of drug-likeness (QED) is 0.432. The topological polar surface area (TPSA) is 111 Å². The van der Waals surface area contributed by atoms with Crippen LogP contribution >= 0.6 is 0 Å². The largest absolute Gasteiger partial charge is 0.491 e. The van der Waals surface area contributed by atoms with Crippen molar-refractivity contribution in [3.63, 3.8) is 0 Å². The van der Waals surface area contributed by atoms with Crippen molar-refractivity contribution in [2.45, 2.75) is 39.8 Å². The van der Waals surface area contributed by atoms with Gasteiger partial charge in [-0.05, 0) is 49.6 Å². The summed E-state index contributed by atoms with van der Waals surface area (Å²) in [6.45, 7) is 6.72. The van der Waals surface area contributed by atoms with Crippen LogP contribution in [-0.4, -0.2) is 52.4 Å². The van der Waals surface area contributed by atoms with Gasteiger partial charge in [0.05, 0.1) is 31.9 Å². The number of nitrogens with one attached hydrogen (secondary N) is 2. The summed E-state index contributed by atoms with van der Waals surface area (Å²) >= 11 is 0. The Kier molecular flexibility index (Phi) is 7.10. The maximum atomic E-state index is 12.4. The second kappa shape index (κ2) is 10.2. The fourth-order valence-corrected chi connectivity index (χ4v) is 3.95. The molecule has 1 amide bonds. The van der Waals surface area contributed by atoms with Crippen LogP contribution in [0.25, 0.3) is 11.0 Å². The number of pyridine rings is 1. The summed E-state index contributed by atoms with van der Waals surface area (Å²) in [6, 6.07) is 7.21. The van der Waals surface area contributed by atoms with E-state index in [2.05, 4.69) is 27.1 Å². The SMILES string of the molecule is CCCn1c(Nc2cc(CO)cc(C)n2)nc2cc(C(=O)NC)cc(OCCC3COC3)c21. The number of hydrogen-bond donors (Lipinski definition) is 3. The Bertz CT molecular complexity index is 1140. The van der Waals surface area contributed by atoms with E-state index < -0.39 is 0 Å². The summed E-state index contributed by atoms with van der Waals surface area (Å²) in [5.74, 6) is 2.18. The van der Waals surface area contributed by atoms with Gasteiger partial charge in [0, 0.05) is 30.8 Å². The molecule has 0 unspecified atom stereocenters. The summed E-state index contributed by atoms with van der Waals surface area (Å²) < 4.78 is 13.5. The monoisotopic (exact) mass is 453 g/mol. The lowest BCUT2D eigenvalue weighted by Crippen LogP contribution is -2.28. The van der Waals surface area contributed by atoms with Crippen molar-refractivity contribution in [2.24, 2.45) is 5.92 Å². The Morgan fingerprint density at radius 3 is 2.76 bits per heavy atom. The molecule has 9 heteroatoms. The summed E-state index contributed by atoms with van der Waals surface area (Å²) in [5, 5.41) is 15.5. The number of aliphatic hydroxyl groups excluding tert-OH is 1. The summed E-state index contributed by atoms with van der Waals surface area (Å²) in [4.78, 5) is 21.7. The molecule has 1 aliphatic heterocycles. The molecule has 0 bridgehead atoms. The van der Waals surface area contributed by atoms with Gasteiger partial charge in [0.15, 0.2) is 0 Å². The van der Waals surface area contributed by atoms with Crippen LogP contribution in [0.2, 0.25) is 0 Å². The molecule has 3 heterocycles. The molecule has 0 atom stereocenters. The molecule has 1 aliphatic rings. The lowest BCUT2D eigenvalue weighted by Gasteiger charge is -2.25. The van der Waals surface area contributed by atoms with E-state index in [1.54, 1.807) is 25.2 Å². The van der Waals surface area contributed by atoms with Gasteiger partial charge in [-0.2, -0.15) is 0 Å². The molecule has 4 rings (SSSR count). The highest BCUT2D eigenvalue weighted by atomic mass is 16.5. The predicted molar refractivity (Wildman–Crippen MR) is 126 cm³/mol. The van der Waals surface area contributed by atoms with Crippen molar-refractivity contribution in [3.8, 4) is 5.75 Å². The predicted octanol–water partition coefficient (Wildman–Crippen LogP) is 3.16. The van der Waals surface area contributed by atoms with E-state index in [9.17, 15) is 9.90 Å². The maximum absolute atomic E-state index is 12.4. The molecule has 9 nitrogen and oxygen atoms in total. The highest BCUT2D eigenvalue weighted by Gasteiger charge is 2.21. The number of carbonyl (C=O) groups is 1. The van der Waals surface area contributed by atoms with Crippen molar-refractivity contribution in [3.05, 3.63) is 41.1 Å². The molecular weight excluding hydrogens is 422 g/mol. The lowest BCUT2D eigenvalue weighted by atomic mass is 10.1.